The van der Waals surface area contributed by atoms with E-state index >= 15 is 0 Å². The lowest BCUT2D eigenvalue weighted by Crippen LogP contribution is -2.41. The van der Waals surface area contributed by atoms with Crippen LogP contribution in [-0.4, -0.2) is 39.0 Å². The van der Waals surface area contributed by atoms with Gasteiger partial charge in [-0.3, -0.25) is 0 Å². The quantitative estimate of drug-likeness (QED) is 0.811. The maximum absolute atomic E-state index is 12.6. The average Bonchev–Trinajstić information content (AvgIpc) is 2.28. The molecule has 0 radical (unpaired) electrons. The summed E-state index contributed by atoms with van der Waals surface area (Å²) >= 11 is 0. The van der Waals surface area contributed by atoms with Gasteiger partial charge in [0.15, 0.2) is 0 Å². The summed E-state index contributed by atoms with van der Waals surface area (Å²) in [6.45, 7) is 5.27. The molecule has 1 aliphatic heterocycles. The first-order valence-corrected chi connectivity index (χ1v) is 7.31. The summed E-state index contributed by atoms with van der Waals surface area (Å²) in [4.78, 5) is 0.374. The lowest BCUT2D eigenvalue weighted by molar-refractivity contribution is 0.0730. The third-order valence-corrected chi connectivity index (χ3v) is 5.26. The van der Waals surface area contributed by atoms with Crippen molar-refractivity contribution in [2.45, 2.75) is 18.7 Å². The lowest BCUT2D eigenvalue weighted by Gasteiger charge is -2.27. The normalized spacial score (nSPS) is 17.9. The fourth-order valence-electron chi connectivity index (χ4n) is 2.31. The molecule has 0 unspecified atom stereocenters. The molecule has 0 amide bonds. The van der Waals surface area contributed by atoms with Crippen molar-refractivity contribution in [1.82, 2.24) is 4.31 Å². The number of nitrogens with two attached hydrogens (primary N) is 1. The summed E-state index contributed by atoms with van der Waals surface area (Å²) in [5, 5.41) is 0. The number of morpholine rings is 1. The number of anilines is 1. The van der Waals surface area contributed by atoms with Crippen LogP contribution in [0.2, 0.25) is 0 Å². The molecule has 2 rings (SSSR count). The molecule has 0 aliphatic carbocycles. The Morgan fingerprint density at radius 2 is 1.67 bits per heavy atom. The zero-order valence-electron chi connectivity index (χ0n) is 10.6. The van der Waals surface area contributed by atoms with E-state index in [0.29, 0.717) is 48.0 Å². The van der Waals surface area contributed by atoms with Crippen LogP contribution >= 0.6 is 0 Å². The van der Waals surface area contributed by atoms with Crippen LogP contribution in [0.5, 0.6) is 0 Å². The minimum Gasteiger partial charge on any atom is -0.399 e. The lowest BCUT2D eigenvalue weighted by atomic mass is 10.1. The van der Waals surface area contributed by atoms with Crippen LogP contribution in [0, 0.1) is 13.8 Å². The number of benzene rings is 1. The highest BCUT2D eigenvalue weighted by atomic mass is 32.2. The van der Waals surface area contributed by atoms with Gasteiger partial charge in [0.2, 0.25) is 10.0 Å². The summed E-state index contributed by atoms with van der Waals surface area (Å²) in [6, 6.07) is 3.39. The third kappa shape index (κ3) is 2.36. The first kappa shape index (κ1) is 13.3. The van der Waals surface area contributed by atoms with E-state index in [-0.39, 0.29) is 0 Å². The van der Waals surface area contributed by atoms with Gasteiger partial charge >= 0.3 is 0 Å². The second-order valence-electron chi connectivity index (χ2n) is 4.50. The molecule has 5 nitrogen and oxygen atoms in total. The Labute approximate surface area is 108 Å². The molecule has 1 heterocycles. The Bertz CT molecular complexity index is 525. The highest BCUT2D eigenvalue weighted by molar-refractivity contribution is 7.89. The number of ether oxygens (including phenoxy) is 1. The van der Waals surface area contributed by atoms with Crippen LogP contribution in [0.4, 0.5) is 5.69 Å². The Morgan fingerprint density at radius 3 is 2.17 bits per heavy atom. The standard InChI is InChI=1S/C12H18N2O3S/c1-9-7-11(13)8-10(2)12(9)18(15,16)14-3-5-17-6-4-14/h7-8H,3-6,13H2,1-2H3. The van der Waals surface area contributed by atoms with Crippen molar-refractivity contribution >= 4 is 15.7 Å². The second kappa shape index (κ2) is 4.87. The molecule has 1 aromatic carbocycles. The van der Waals surface area contributed by atoms with E-state index in [9.17, 15) is 8.42 Å². The molecule has 100 valence electrons. The third-order valence-electron chi connectivity index (χ3n) is 3.05. The Balaban J connectivity index is 2.47. The highest BCUT2D eigenvalue weighted by Gasteiger charge is 2.29. The average molecular weight is 270 g/mol. The van der Waals surface area contributed by atoms with Gasteiger partial charge < -0.3 is 10.5 Å². The zero-order chi connectivity index (χ0) is 13.3. The van der Waals surface area contributed by atoms with Gasteiger partial charge in [-0.05, 0) is 37.1 Å². The minimum absolute atomic E-state index is 0.374. The van der Waals surface area contributed by atoms with Crippen molar-refractivity contribution in [3.05, 3.63) is 23.3 Å². The topological polar surface area (TPSA) is 72.6 Å². The Hall–Kier alpha value is -1.11. The van der Waals surface area contributed by atoms with Gasteiger partial charge in [0.25, 0.3) is 0 Å². The van der Waals surface area contributed by atoms with Crippen molar-refractivity contribution in [3.63, 3.8) is 0 Å². The van der Waals surface area contributed by atoms with Gasteiger partial charge in [0.1, 0.15) is 0 Å². The molecule has 0 aromatic heterocycles. The molecule has 1 saturated heterocycles. The van der Waals surface area contributed by atoms with Gasteiger partial charge in [0.05, 0.1) is 18.1 Å². The summed E-state index contributed by atoms with van der Waals surface area (Å²) in [5.41, 5.74) is 7.70. The first-order chi connectivity index (χ1) is 8.43. The molecule has 0 saturated carbocycles. The van der Waals surface area contributed by atoms with Gasteiger partial charge in [-0.25, -0.2) is 8.42 Å². The van der Waals surface area contributed by atoms with E-state index < -0.39 is 10.0 Å². The molecule has 0 bridgehead atoms. The molecule has 1 aromatic rings. The maximum Gasteiger partial charge on any atom is 0.243 e. The number of rotatable bonds is 2. The van der Waals surface area contributed by atoms with Crippen molar-refractivity contribution in [3.8, 4) is 0 Å². The van der Waals surface area contributed by atoms with E-state index in [0.717, 1.165) is 0 Å². The molecule has 18 heavy (non-hydrogen) atoms. The van der Waals surface area contributed by atoms with Crippen molar-refractivity contribution in [1.29, 1.82) is 0 Å². The van der Waals surface area contributed by atoms with E-state index in [1.54, 1.807) is 26.0 Å². The molecule has 6 heteroatoms. The van der Waals surface area contributed by atoms with Gasteiger partial charge in [-0.1, -0.05) is 0 Å². The van der Waals surface area contributed by atoms with Crippen LogP contribution in [0.1, 0.15) is 11.1 Å². The summed E-state index contributed by atoms with van der Waals surface area (Å²) in [7, 11) is -3.44. The van der Waals surface area contributed by atoms with Crippen molar-refractivity contribution < 1.29 is 13.2 Å². The molecule has 0 spiro atoms. The van der Waals surface area contributed by atoms with E-state index in [1.807, 2.05) is 0 Å². The van der Waals surface area contributed by atoms with Gasteiger partial charge in [-0.15, -0.1) is 0 Å². The Kier molecular flexibility index (Phi) is 3.61. The smallest absolute Gasteiger partial charge is 0.243 e. The Morgan fingerprint density at radius 1 is 1.17 bits per heavy atom. The van der Waals surface area contributed by atoms with E-state index in [2.05, 4.69) is 0 Å². The molecule has 2 N–H and O–H groups in total. The van der Waals surface area contributed by atoms with Gasteiger partial charge in [0, 0.05) is 18.8 Å². The number of sulfonamides is 1. The second-order valence-corrected chi connectivity index (χ2v) is 6.38. The van der Waals surface area contributed by atoms with E-state index in [1.165, 1.54) is 4.31 Å². The highest BCUT2D eigenvalue weighted by Crippen LogP contribution is 2.26. The SMILES string of the molecule is Cc1cc(N)cc(C)c1S(=O)(=O)N1CCOCC1. The summed E-state index contributed by atoms with van der Waals surface area (Å²) < 4.78 is 31.8. The van der Waals surface area contributed by atoms with Crippen LogP contribution in [0.15, 0.2) is 17.0 Å². The fraction of sp³-hybridized carbons (Fsp3) is 0.500. The summed E-state index contributed by atoms with van der Waals surface area (Å²) in [6.07, 6.45) is 0. The molecule has 1 aliphatic rings. The first-order valence-electron chi connectivity index (χ1n) is 5.87. The van der Waals surface area contributed by atoms with Crippen LogP contribution in [0.25, 0.3) is 0 Å². The maximum atomic E-state index is 12.6. The molecule has 1 fully saturated rings. The zero-order valence-corrected chi connectivity index (χ0v) is 11.5. The number of hydrogen-bond donors (Lipinski definition) is 1. The van der Waals surface area contributed by atoms with E-state index in [4.69, 9.17) is 10.5 Å². The predicted octanol–water partition coefficient (Wildman–Crippen LogP) is 0.907. The number of aryl methyl sites for hydroxylation is 2. The molecular formula is C12H18N2O3S. The van der Waals surface area contributed by atoms with Crippen LogP contribution in [-0.2, 0) is 14.8 Å². The molecule has 0 atom stereocenters. The van der Waals surface area contributed by atoms with Crippen LogP contribution < -0.4 is 5.73 Å². The number of nitrogen functional groups attached to an aromatic ring is 1. The largest absolute Gasteiger partial charge is 0.399 e. The number of hydrogen-bond acceptors (Lipinski definition) is 4. The van der Waals surface area contributed by atoms with Crippen molar-refractivity contribution in [2.24, 2.45) is 0 Å². The monoisotopic (exact) mass is 270 g/mol. The summed E-state index contributed by atoms with van der Waals surface area (Å²) in [5.74, 6) is 0. The number of nitrogens with zero attached hydrogens (tertiary/aromatic N) is 1. The fourth-order valence-corrected chi connectivity index (χ4v) is 4.13. The van der Waals surface area contributed by atoms with Crippen molar-refractivity contribution in [2.75, 3.05) is 32.0 Å². The van der Waals surface area contributed by atoms with Gasteiger partial charge in [-0.2, -0.15) is 4.31 Å². The minimum atomic E-state index is -3.44. The van der Waals surface area contributed by atoms with Crippen LogP contribution in [0.3, 0.4) is 0 Å². The predicted molar refractivity (Wildman–Crippen MR) is 69.9 cm³/mol. The molecular weight excluding hydrogens is 252 g/mol.